The molecule has 0 bridgehead atoms. The van der Waals surface area contributed by atoms with E-state index in [2.05, 4.69) is 144 Å². The van der Waals surface area contributed by atoms with Crippen molar-refractivity contribution < 1.29 is 4.42 Å². The van der Waals surface area contributed by atoms with Crippen molar-refractivity contribution in [2.75, 3.05) is 0 Å². The van der Waals surface area contributed by atoms with Crippen molar-refractivity contribution in [1.29, 1.82) is 0 Å². The zero-order valence-corrected chi connectivity index (χ0v) is 25.8. The van der Waals surface area contributed by atoms with E-state index in [0.717, 1.165) is 66.0 Å². The molecule has 10 rings (SSSR count). The van der Waals surface area contributed by atoms with E-state index in [0.29, 0.717) is 5.95 Å². The zero-order chi connectivity index (χ0) is 31.6. The minimum absolute atomic E-state index is 0.619. The van der Waals surface area contributed by atoms with E-state index >= 15 is 0 Å². The third kappa shape index (κ3) is 4.16. The molecule has 10 aromatic rings. The molecule has 0 N–H and O–H groups in total. The molecule has 4 heteroatoms. The molecule has 0 unspecified atom stereocenters. The summed E-state index contributed by atoms with van der Waals surface area (Å²) in [4.78, 5) is 9.97. The van der Waals surface area contributed by atoms with E-state index in [1.54, 1.807) is 0 Å². The highest BCUT2D eigenvalue weighted by atomic mass is 16.3. The Bertz CT molecular complexity index is 2760. The smallest absolute Gasteiger partial charge is 0.234 e. The van der Waals surface area contributed by atoms with E-state index in [1.807, 2.05) is 24.5 Å². The number of furan rings is 1. The fourth-order valence-corrected chi connectivity index (χ4v) is 7.16. The summed E-state index contributed by atoms with van der Waals surface area (Å²) >= 11 is 0. The second-order valence-electron chi connectivity index (χ2n) is 12.3. The average Bonchev–Trinajstić information content (AvgIpc) is 3.69. The fourth-order valence-electron chi connectivity index (χ4n) is 7.16. The van der Waals surface area contributed by atoms with Gasteiger partial charge in [0.2, 0.25) is 5.95 Å². The van der Waals surface area contributed by atoms with Gasteiger partial charge < -0.3 is 4.42 Å². The third-order valence-electron chi connectivity index (χ3n) is 9.46. The monoisotopic (exact) mass is 613 g/mol. The van der Waals surface area contributed by atoms with Crippen molar-refractivity contribution >= 4 is 54.5 Å². The maximum absolute atomic E-state index is 6.65. The summed E-state index contributed by atoms with van der Waals surface area (Å²) in [6, 6.07) is 53.3. The lowest BCUT2D eigenvalue weighted by Gasteiger charge is -2.12. The van der Waals surface area contributed by atoms with Crippen LogP contribution in [0.5, 0.6) is 0 Å². The Kier molecular flexibility index (Phi) is 5.84. The predicted octanol–water partition coefficient (Wildman–Crippen LogP) is 11.6. The molecule has 0 amide bonds. The summed E-state index contributed by atoms with van der Waals surface area (Å²) in [6.07, 6.45) is 3.88. The van der Waals surface area contributed by atoms with Crippen LogP contribution in [-0.2, 0) is 0 Å². The topological polar surface area (TPSA) is 43.9 Å². The Morgan fingerprint density at radius 3 is 1.69 bits per heavy atom. The van der Waals surface area contributed by atoms with E-state index < -0.39 is 0 Å². The normalized spacial score (nSPS) is 11.8. The van der Waals surface area contributed by atoms with Crippen molar-refractivity contribution in [2.24, 2.45) is 0 Å². The molecule has 3 aromatic heterocycles. The van der Waals surface area contributed by atoms with E-state index in [1.165, 1.54) is 21.9 Å². The molecule has 0 saturated carbocycles. The first-order chi connectivity index (χ1) is 23.8. The Hall–Kier alpha value is -6.52. The van der Waals surface area contributed by atoms with Crippen LogP contribution in [0, 0.1) is 0 Å². The first-order valence-electron chi connectivity index (χ1n) is 16.1. The Morgan fingerprint density at radius 1 is 0.417 bits per heavy atom. The van der Waals surface area contributed by atoms with E-state index in [4.69, 9.17) is 14.4 Å². The number of benzene rings is 7. The molecule has 3 heterocycles. The average molecular weight is 614 g/mol. The van der Waals surface area contributed by atoms with Crippen LogP contribution >= 0.6 is 0 Å². The van der Waals surface area contributed by atoms with E-state index in [-0.39, 0.29) is 0 Å². The van der Waals surface area contributed by atoms with Gasteiger partial charge in [-0.3, -0.25) is 4.57 Å². The lowest BCUT2D eigenvalue weighted by molar-refractivity contribution is 0.673. The Morgan fingerprint density at radius 2 is 1.00 bits per heavy atom. The molecule has 0 radical (unpaired) electrons. The molecule has 0 fully saturated rings. The molecular weight excluding hydrogens is 587 g/mol. The van der Waals surface area contributed by atoms with Crippen molar-refractivity contribution in [3.05, 3.63) is 164 Å². The molecule has 7 aromatic carbocycles. The largest absolute Gasteiger partial charge is 0.455 e. The highest BCUT2D eigenvalue weighted by Gasteiger charge is 2.20. The van der Waals surface area contributed by atoms with Crippen LogP contribution < -0.4 is 0 Å². The SMILES string of the molecule is c1ccc(-c2cc(-c3ccccc3)cc(-c3cnc(-n4c5ccccc5c5c6oc7cc8ccccc8cc7c6ccc54)nc3)c2)cc1. The molecule has 0 spiro atoms. The van der Waals surface area contributed by atoms with Crippen LogP contribution in [0.2, 0.25) is 0 Å². The van der Waals surface area contributed by atoms with Crippen molar-refractivity contribution in [1.82, 2.24) is 14.5 Å². The van der Waals surface area contributed by atoms with Crippen LogP contribution in [0.3, 0.4) is 0 Å². The molecule has 0 aliphatic heterocycles. The van der Waals surface area contributed by atoms with Crippen LogP contribution in [0.25, 0.3) is 93.8 Å². The van der Waals surface area contributed by atoms with Gasteiger partial charge in [-0.05, 0) is 87.1 Å². The van der Waals surface area contributed by atoms with Gasteiger partial charge in [0.05, 0.1) is 16.4 Å². The highest BCUT2D eigenvalue weighted by Crippen LogP contribution is 2.41. The van der Waals surface area contributed by atoms with Crippen molar-refractivity contribution in [3.8, 4) is 39.3 Å². The molecule has 0 aliphatic carbocycles. The van der Waals surface area contributed by atoms with Gasteiger partial charge in [-0.25, -0.2) is 9.97 Å². The first kappa shape index (κ1) is 26.7. The van der Waals surface area contributed by atoms with Gasteiger partial charge in [-0.2, -0.15) is 0 Å². The minimum atomic E-state index is 0.619. The zero-order valence-electron chi connectivity index (χ0n) is 25.8. The number of para-hydroxylation sites is 1. The summed E-state index contributed by atoms with van der Waals surface area (Å²) in [7, 11) is 0. The molecule has 224 valence electrons. The molecular formula is C44H27N3O. The molecule has 0 aliphatic rings. The van der Waals surface area contributed by atoms with Gasteiger partial charge in [-0.15, -0.1) is 0 Å². The standard InChI is InChI=1S/C44H27N3O/c1-3-11-28(12-4-1)32-21-33(29-13-5-2-6-14-29)23-34(22-32)35-26-45-44(46-27-35)47-39-18-10-9-17-37(39)42-40(47)20-19-36-38-24-30-15-7-8-16-31(30)25-41(38)48-43(36)42/h1-27H. The number of fused-ring (bicyclic) bond motifs is 8. The number of aromatic nitrogens is 3. The molecule has 0 saturated heterocycles. The minimum Gasteiger partial charge on any atom is -0.455 e. The van der Waals surface area contributed by atoms with Gasteiger partial charge in [0.15, 0.2) is 0 Å². The third-order valence-corrected chi connectivity index (χ3v) is 9.46. The molecule has 0 atom stereocenters. The quantitative estimate of drug-likeness (QED) is 0.198. The van der Waals surface area contributed by atoms with Gasteiger partial charge in [0, 0.05) is 34.1 Å². The van der Waals surface area contributed by atoms with Crippen molar-refractivity contribution in [3.63, 3.8) is 0 Å². The second-order valence-corrected chi connectivity index (χ2v) is 12.3. The summed E-state index contributed by atoms with van der Waals surface area (Å²) in [5.41, 5.74) is 10.5. The lowest BCUT2D eigenvalue weighted by Crippen LogP contribution is -2.00. The Labute approximate surface area is 276 Å². The summed E-state index contributed by atoms with van der Waals surface area (Å²) < 4.78 is 8.80. The number of hydrogen-bond donors (Lipinski definition) is 0. The summed E-state index contributed by atoms with van der Waals surface area (Å²) in [5, 5.41) is 6.78. The number of hydrogen-bond acceptors (Lipinski definition) is 3. The Balaban J connectivity index is 1.14. The van der Waals surface area contributed by atoms with Crippen molar-refractivity contribution in [2.45, 2.75) is 0 Å². The summed E-state index contributed by atoms with van der Waals surface area (Å²) in [5.74, 6) is 0.619. The van der Waals surface area contributed by atoms with Crippen LogP contribution in [0.15, 0.2) is 168 Å². The number of nitrogens with zero attached hydrogens (tertiary/aromatic N) is 3. The van der Waals surface area contributed by atoms with Gasteiger partial charge in [-0.1, -0.05) is 103 Å². The first-order valence-corrected chi connectivity index (χ1v) is 16.1. The van der Waals surface area contributed by atoms with E-state index in [9.17, 15) is 0 Å². The summed E-state index contributed by atoms with van der Waals surface area (Å²) in [6.45, 7) is 0. The van der Waals surface area contributed by atoms with Gasteiger partial charge >= 0.3 is 0 Å². The maximum Gasteiger partial charge on any atom is 0.234 e. The van der Waals surface area contributed by atoms with Crippen LogP contribution in [0.4, 0.5) is 0 Å². The molecule has 48 heavy (non-hydrogen) atoms. The predicted molar refractivity (Wildman–Crippen MR) is 197 cm³/mol. The second kappa shape index (κ2) is 10.5. The molecule has 4 nitrogen and oxygen atoms in total. The lowest BCUT2D eigenvalue weighted by atomic mass is 9.94. The highest BCUT2D eigenvalue weighted by molar-refractivity contribution is 6.24. The number of rotatable bonds is 4. The maximum atomic E-state index is 6.65. The van der Waals surface area contributed by atoms with Gasteiger partial charge in [0.25, 0.3) is 0 Å². The van der Waals surface area contributed by atoms with Crippen LogP contribution in [0.1, 0.15) is 0 Å². The fraction of sp³-hybridized carbons (Fsp3) is 0. The van der Waals surface area contributed by atoms with Gasteiger partial charge in [0.1, 0.15) is 11.2 Å². The van der Waals surface area contributed by atoms with Crippen LogP contribution in [-0.4, -0.2) is 14.5 Å².